The van der Waals surface area contributed by atoms with Crippen LogP contribution in [0.4, 0.5) is 14.5 Å². The van der Waals surface area contributed by atoms with Crippen LogP contribution in [0.5, 0.6) is 5.75 Å². The van der Waals surface area contributed by atoms with E-state index in [4.69, 9.17) is 0 Å². The molecule has 0 atom stereocenters. The number of ether oxygens (including phenoxy) is 1. The van der Waals surface area contributed by atoms with Crippen molar-refractivity contribution in [3.63, 3.8) is 0 Å². The minimum absolute atomic E-state index is 0.00477. The quantitative estimate of drug-likeness (QED) is 0.464. The van der Waals surface area contributed by atoms with Crippen molar-refractivity contribution in [3.8, 4) is 5.75 Å². The van der Waals surface area contributed by atoms with Crippen molar-refractivity contribution in [3.05, 3.63) is 33.4 Å². The molecule has 0 aliphatic rings. The summed E-state index contributed by atoms with van der Waals surface area (Å²) in [5.74, 6) is -0.854. The lowest BCUT2D eigenvalue weighted by Crippen LogP contribution is -2.06. The maximum Gasteiger partial charge on any atom is 0.387 e. The van der Waals surface area contributed by atoms with Crippen molar-refractivity contribution < 1.29 is 23.2 Å². The number of nitrogens with zero attached hydrogens (tertiary/aromatic N) is 1. The molecule has 0 unspecified atom stereocenters. The van der Waals surface area contributed by atoms with Crippen molar-refractivity contribution in [2.75, 3.05) is 0 Å². The summed E-state index contributed by atoms with van der Waals surface area (Å²) in [4.78, 5) is 21.1. The average Bonchev–Trinajstić information content (AvgIpc) is 2.18. The number of benzene rings is 1. The molecular formula is C10H9F2NO4. The number of nitro benzene ring substituents is 1. The number of Topliss-reactive ketones (excluding diaryl/α,β-unsaturated/α-hetero) is 1. The predicted molar refractivity (Wildman–Crippen MR) is 54.5 cm³/mol. The Balaban J connectivity index is 3.36. The summed E-state index contributed by atoms with van der Waals surface area (Å²) >= 11 is 0. The van der Waals surface area contributed by atoms with Gasteiger partial charge in [-0.05, 0) is 19.9 Å². The van der Waals surface area contributed by atoms with Crippen molar-refractivity contribution in [1.29, 1.82) is 0 Å². The molecule has 0 saturated carbocycles. The van der Waals surface area contributed by atoms with Gasteiger partial charge < -0.3 is 4.74 Å². The van der Waals surface area contributed by atoms with Crippen molar-refractivity contribution in [2.24, 2.45) is 0 Å². The fraction of sp³-hybridized carbons (Fsp3) is 0.300. The highest BCUT2D eigenvalue weighted by molar-refractivity contribution is 5.97. The second kappa shape index (κ2) is 4.86. The summed E-state index contributed by atoms with van der Waals surface area (Å²) in [6.07, 6.45) is 0. The van der Waals surface area contributed by atoms with Gasteiger partial charge in [0.25, 0.3) is 5.69 Å². The zero-order chi connectivity index (χ0) is 13.2. The van der Waals surface area contributed by atoms with Crippen LogP contribution in [0.15, 0.2) is 12.1 Å². The topological polar surface area (TPSA) is 69.4 Å². The van der Waals surface area contributed by atoms with Gasteiger partial charge in [0, 0.05) is 11.1 Å². The highest BCUT2D eigenvalue weighted by Crippen LogP contribution is 2.29. The molecule has 7 heteroatoms. The van der Waals surface area contributed by atoms with Crippen LogP contribution in [0.2, 0.25) is 0 Å². The Kier molecular flexibility index (Phi) is 3.72. The Morgan fingerprint density at radius 1 is 1.47 bits per heavy atom. The second-order valence-corrected chi connectivity index (χ2v) is 3.31. The van der Waals surface area contributed by atoms with E-state index in [1.165, 1.54) is 13.8 Å². The van der Waals surface area contributed by atoms with Gasteiger partial charge in [0.1, 0.15) is 5.75 Å². The Hall–Kier alpha value is -2.05. The maximum atomic E-state index is 12.0. The summed E-state index contributed by atoms with van der Waals surface area (Å²) in [5, 5.41) is 10.7. The molecule has 0 aliphatic carbocycles. The number of carbonyl (C=O) groups is 1. The molecule has 17 heavy (non-hydrogen) atoms. The molecule has 92 valence electrons. The molecule has 0 fully saturated rings. The molecular weight excluding hydrogens is 236 g/mol. The summed E-state index contributed by atoms with van der Waals surface area (Å²) < 4.78 is 28.1. The third-order valence-corrected chi connectivity index (χ3v) is 2.15. The average molecular weight is 245 g/mol. The van der Waals surface area contributed by atoms with E-state index in [9.17, 15) is 23.7 Å². The van der Waals surface area contributed by atoms with Gasteiger partial charge in [-0.3, -0.25) is 14.9 Å². The number of hydrogen-bond donors (Lipinski definition) is 0. The van der Waals surface area contributed by atoms with Gasteiger partial charge in [-0.1, -0.05) is 0 Å². The Bertz CT molecular complexity index is 438. The Morgan fingerprint density at radius 2 is 2.06 bits per heavy atom. The van der Waals surface area contributed by atoms with Gasteiger partial charge in [0.2, 0.25) is 0 Å². The van der Waals surface area contributed by atoms with E-state index < -0.39 is 28.8 Å². The molecule has 0 bridgehead atoms. The van der Waals surface area contributed by atoms with E-state index in [0.29, 0.717) is 0 Å². The molecule has 0 radical (unpaired) electrons. The van der Waals surface area contributed by atoms with E-state index >= 15 is 0 Å². The first-order valence-corrected chi connectivity index (χ1v) is 4.57. The summed E-state index contributed by atoms with van der Waals surface area (Å²) in [6, 6.07) is 1.94. The van der Waals surface area contributed by atoms with Crippen LogP contribution in [0, 0.1) is 17.0 Å². The van der Waals surface area contributed by atoms with Crippen LogP contribution in [-0.2, 0) is 0 Å². The number of nitro groups is 1. The molecule has 0 saturated heterocycles. The molecule has 0 amide bonds. The highest BCUT2D eigenvalue weighted by Gasteiger charge is 2.20. The van der Waals surface area contributed by atoms with Crippen molar-refractivity contribution in [2.45, 2.75) is 20.5 Å². The lowest BCUT2D eigenvalue weighted by atomic mass is 10.0. The monoisotopic (exact) mass is 245 g/mol. The smallest absolute Gasteiger partial charge is 0.387 e. The van der Waals surface area contributed by atoms with Gasteiger partial charge in [-0.2, -0.15) is 8.78 Å². The van der Waals surface area contributed by atoms with Crippen LogP contribution >= 0.6 is 0 Å². The molecule has 0 heterocycles. The van der Waals surface area contributed by atoms with Crippen LogP contribution in [0.1, 0.15) is 22.8 Å². The number of halogens is 2. The van der Waals surface area contributed by atoms with Crippen molar-refractivity contribution >= 4 is 11.5 Å². The number of carbonyl (C=O) groups excluding carboxylic acids is 1. The normalized spacial score (nSPS) is 10.4. The summed E-state index contributed by atoms with van der Waals surface area (Å²) in [6.45, 7) is -0.531. The first kappa shape index (κ1) is 13.0. The van der Waals surface area contributed by atoms with Gasteiger partial charge in [0.15, 0.2) is 5.78 Å². The molecule has 5 nitrogen and oxygen atoms in total. The van der Waals surface area contributed by atoms with Gasteiger partial charge >= 0.3 is 6.61 Å². The maximum absolute atomic E-state index is 12.0. The molecule has 1 aromatic carbocycles. The van der Waals surface area contributed by atoms with Crippen LogP contribution in [0.3, 0.4) is 0 Å². The Labute approximate surface area is 95.2 Å². The first-order chi connectivity index (χ1) is 7.82. The highest BCUT2D eigenvalue weighted by atomic mass is 19.3. The second-order valence-electron chi connectivity index (χ2n) is 3.31. The minimum Gasteiger partial charge on any atom is -0.435 e. The molecule has 0 spiro atoms. The molecule has 0 aromatic heterocycles. The molecule has 1 rings (SSSR count). The van der Waals surface area contributed by atoms with Crippen LogP contribution in [-0.4, -0.2) is 17.3 Å². The molecule has 0 N–H and O–H groups in total. The summed E-state index contributed by atoms with van der Waals surface area (Å²) in [7, 11) is 0. The SMILES string of the molecule is CC(=O)c1cc(OC(F)F)cc([N+](=O)[O-])c1C. The number of hydrogen-bond acceptors (Lipinski definition) is 4. The van der Waals surface area contributed by atoms with Crippen LogP contribution in [0.25, 0.3) is 0 Å². The zero-order valence-electron chi connectivity index (χ0n) is 9.07. The third kappa shape index (κ3) is 2.96. The van der Waals surface area contributed by atoms with E-state index in [1.807, 2.05) is 0 Å². The largest absolute Gasteiger partial charge is 0.435 e. The van der Waals surface area contributed by atoms with Crippen molar-refractivity contribution in [1.82, 2.24) is 0 Å². The number of ketones is 1. The minimum atomic E-state index is -3.10. The lowest BCUT2D eigenvalue weighted by Gasteiger charge is -2.08. The van der Waals surface area contributed by atoms with Gasteiger partial charge in [-0.25, -0.2) is 0 Å². The van der Waals surface area contributed by atoms with E-state index in [1.54, 1.807) is 0 Å². The fourth-order valence-corrected chi connectivity index (χ4v) is 1.40. The fourth-order valence-electron chi connectivity index (χ4n) is 1.40. The van der Waals surface area contributed by atoms with E-state index in [0.717, 1.165) is 12.1 Å². The van der Waals surface area contributed by atoms with Gasteiger partial charge in [-0.15, -0.1) is 0 Å². The van der Waals surface area contributed by atoms with E-state index in [-0.39, 0.29) is 11.1 Å². The molecule has 0 aliphatic heterocycles. The van der Waals surface area contributed by atoms with Gasteiger partial charge in [0.05, 0.1) is 11.0 Å². The molecule has 1 aromatic rings. The third-order valence-electron chi connectivity index (χ3n) is 2.15. The Morgan fingerprint density at radius 3 is 2.47 bits per heavy atom. The summed E-state index contributed by atoms with van der Waals surface area (Å²) in [5.41, 5.74) is -0.299. The number of alkyl halides is 2. The van der Waals surface area contributed by atoms with E-state index in [2.05, 4.69) is 4.74 Å². The predicted octanol–water partition coefficient (Wildman–Crippen LogP) is 2.71. The lowest BCUT2D eigenvalue weighted by molar-refractivity contribution is -0.385. The first-order valence-electron chi connectivity index (χ1n) is 4.57. The standard InChI is InChI=1S/C10H9F2NO4/c1-5-8(6(2)14)3-7(17-10(11)12)4-9(5)13(15)16/h3-4,10H,1-2H3. The zero-order valence-corrected chi connectivity index (χ0v) is 9.07. The number of rotatable bonds is 4. The van der Waals surface area contributed by atoms with Crippen LogP contribution < -0.4 is 4.74 Å².